The van der Waals surface area contributed by atoms with E-state index in [2.05, 4.69) is 67.6 Å². The van der Waals surface area contributed by atoms with Crippen molar-refractivity contribution in [1.82, 2.24) is 0 Å². The van der Waals surface area contributed by atoms with E-state index in [0.717, 1.165) is 27.8 Å². The van der Waals surface area contributed by atoms with Crippen LogP contribution in [0.15, 0.2) is 146 Å². The highest BCUT2D eigenvalue weighted by Gasteiger charge is 2.56. The highest BCUT2D eigenvalue weighted by molar-refractivity contribution is 7.81. The highest BCUT2D eigenvalue weighted by Crippen LogP contribution is 2.45. The molecule has 5 atom stereocenters. The molecule has 0 radical (unpaired) electrons. The first kappa shape index (κ1) is 33.2. The van der Waals surface area contributed by atoms with Crippen LogP contribution in [-0.4, -0.2) is 31.0 Å². The summed E-state index contributed by atoms with van der Waals surface area (Å²) in [5.74, 6) is 0. The Kier molecular flexibility index (Phi) is 11.6. The standard InChI is InChI=1S/C41H42O5S/c1-31-22-24-35(25-23-31)29-45-40-39(44-28-34-18-10-4-11-19-34)38(43-27-33-16-8-3-9-17-33)37(30-42-26-32-14-6-2-7-15-32)46-41(40,47)36-20-12-5-13-21-36/h2-25,37-40,47H,26-30H2,1H3/t37-,38-,39+,40+,41+/m1/s1. The third-order valence-corrected chi connectivity index (χ3v) is 9.03. The Morgan fingerprint density at radius 1 is 0.532 bits per heavy atom. The van der Waals surface area contributed by atoms with E-state index in [1.807, 2.05) is 84.9 Å². The lowest BCUT2D eigenvalue weighted by Gasteiger charge is -2.51. The lowest BCUT2D eigenvalue weighted by atomic mass is 9.89. The summed E-state index contributed by atoms with van der Waals surface area (Å²) in [5, 5.41) is 0. The van der Waals surface area contributed by atoms with Gasteiger partial charge in [0.15, 0.2) is 4.93 Å². The fraction of sp³-hybridized carbons (Fsp3) is 0.268. The first-order valence-electron chi connectivity index (χ1n) is 16.1. The van der Waals surface area contributed by atoms with Crippen molar-refractivity contribution >= 4 is 12.6 Å². The van der Waals surface area contributed by atoms with Crippen molar-refractivity contribution in [3.63, 3.8) is 0 Å². The number of ether oxygens (including phenoxy) is 5. The Morgan fingerprint density at radius 3 is 1.53 bits per heavy atom. The number of thiol groups is 1. The van der Waals surface area contributed by atoms with E-state index in [0.29, 0.717) is 26.4 Å². The molecule has 0 spiro atoms. The van der Waals surface area contributed by atoms with Gasteiger partial charge < -0.3 is 23.7 Å². The maximum Gasteiger partial charge on any atom is 0.165 e. The summed E-state index contributed by atoms with van der Waals surface area (Å²) in [4.78, 5) is -1.17. The van der Waals surface area contributed by atoms with Crippen molar-refractivity contribution in [3.8, 4) is 0 Å². The van der Waals surface area contributed by atoms with Crippen LogP contribution in [0, 0.1) is 6.92 Å². The average molecular weight is 647 g/mol. The third-order valence-electron chi connectivity index (χ3n) is 8.41. The number of hydrogen-bond donors (Lipinski definition) is 1. The van der Waals surface area contributed by atoms with Crippen LogP contribution in [0.1, 0.15) is 33.4 Å². The van der Waals surface area contributed by atoms with E-state index >= 15 is 0 Å². The molecule has 1 aliphatic heterocycles. The van der Waals surface area contributed by atoms with E-state index in [4.69, 9.17) is 36.3 Å². The summed E-state index contributed by atoms with van der Waals surface area (Å²) >= 11 is 5.33. The topological polar surface area (TPSA) is 46.2 Å². The van der Waals surface area contributed by atoms with Crippen LogP contribution < -0.4 is 0 Å². The maximum absolute atomic E-state index is 7.01. The Morgan fingerprint density at radius 2 is 0.979 bits per heavy atom. The van der Waals surface area contributed by atoms with Gasteiger partial charge in [0.1, 0.15) is 24.4 Å². The van der Waals surface area contributed by atoms with E-state index in [1.54, 1.807) is 0 Å². The average Bonchev–Trinajstić information content (AvgIpc) is 3.12. The lowest BCUT2D eigenvalue weighted by Crippen LogP contribution is -2.63. The van der Waals surface area contributed by atoms with Crippen LogP contribution in [0.4, 0.5) is 0 Å². The minimum absolute atomic E-state index is 0.277. The Balaban J connectivity index is 1.36. The highest BCUT2D eigenvalue weighted by atomic mass is 32.1. The fourth-order valence-electron chi connectivity index (χ4n) is 5.87. The molecule has 5 aromatic carbocycles. The van der Waals surface area contributed by atoms with Gasteiger partial charge in [0.2, 0.25) is 0 Å². The summed E-state index contributed by atoms with van der Waals surface area (Å²) in [6.07, 6.45) is -2.23. The Bertz CT molecular complexity index is 1620. The molecule has 242 valence electrons. The van der Waals surface area contributed by atoms with Gasteiger partial charge in [-0.25, -0.2) is 0 Å². The quantitative estimate of drug-likeness (QED) is 0.123. The molecule has 5 nitrogen and oxygen atoms in total. The number of rotatable bonds is 14. The van der Waals surface area contributed by atoms with Crippen LogP contribution in [0.3, 0.4) is 0 Å². The van der Waals surface area contributed by atoms with Crippen molar-refractivity contribution < 1.29 is 23.7 Å². The molecule has 6 rings (SSSR count). The SMILES string of the molecule is Cc1ccc(CO[C@H]2[C@@H](OCc3ccccc3)[C@H](OCc3ccccc3)[C@@H](COCc3ccccc3)O[C@]2(S)c2ccccc2)cc1. The monoisotopic (exact) mass is 646 g/mol. The van der Waals surface area contributed by atoms with Gasteiger partial charge in [0.25, 0.3) is 0 Å². The Labute approximate surface area is 283 Å². The van der Waals surface area contributed by atoms with Crippen molar-refractivity contribution in [2.75, 3.05) is 6.61 Å². The summed E-state index contributed by atoms with van der Waals surface area (Å²) in [6, 6.07) is 48.8. The fourth-order valence-corrected chi connectivity index (χ4v) is 6.38. The van der Waals surface area contributed by atoms with Crippen LogP contribution >= 0.6 is 12.6 Å². The minimum atomic E-state index is -1.17. The summed E-state index contributed by atoms with van der Waals surface area (Å²) in [5.41, 5.74) is 6.32. The summed E-state index contributed by atoms with van der Waals surface area (Å²) in [6.45, 7) is 3.91. The first-order chi connectivity index (χ1) is 23.1. The molecule has 47 heavy (non-hydrogen) atoms. The van der Waals surface area contributed by atoms with Crippen molar-refractivity contribution in [1.29, 1.82) is 0 Å². The molecule has 1 heterocycles. The molecule has 0 saturated carbocycles. The van der Waals surface area contributed by atoms with Crippen molar-refractivity contribution in [2.24, 2.45) is 0 Å². The molecular formula is C41H42O5S. The van der Waals surface area contributed by atoms with Gasteiger partial charge in [-0.3, -0.25) is 0 Å². The maximum atomic E-state index is 7.01. The second-order valence-electron chi connectivity index (χ2n) is 12.0. The van der Waals surface area contributed by atoms with Crippen LogP contribution in [0.5, 0.6) is 0 Å². The zero-order chi connectivity index (χ0) is 32.3. The molecule has 0 unspecified atom stereocenters. The second-order valence-corrected chi connectivity index (χ2v) is 12.6. The molecule has 1 aliphatic rings. The summed E-state index contributed by atoms with van der Waals surface area (Å²) < 4.78 is 33.8. The molecule has 5 aromatic rings. The van der Waals surface area contributed by atoms with Crippen LogP contribution in [0.2, 0.25) is 0 Å². The molecule has 0 amide bonds. The van der Waals surface area contributed by atoms with Gasteiger partial charge in [0.05, 0.1) is 33.0 Å². The van der Waals surface area contributed by atoms with Crippen molar-refractivity contribution in [2.45, 2.75) is 62.7 Å². The van der Waals surface area contributed by atoms with Gasteiger partial charge in [0, 0.05) is 0 Å². The molecule has 1 saturated heterocycles. The first-order valence-corrected chi connectivity index (χ1v) is 16.6. The van der Waals surface area contributed by atoms with Crippen LogP contribution in [0.25, 0.3) is 0 Å². The van der Waals surface area contributed by atoms with Crippen molar-refractivity contribution in [3.05, 3.63) is 179 Å². The normalized spacial score (nSPS) is 22.6. The molecule has 0 N–H and O–H groups in total. The van der Waals surface area contributed by atoms with Gasteiger partial charge in [-0.05, 0) is 34.7 Å². The zero-order valence-corrected chi connectivity index (χ0v) is 27.6. The lowest BCUT2D eigenvalue weighted by molar-refractivity contribution is -0.286. The largest absolute Gasteiger partial charge is 0.374 e. The van der Waals surface area contributed by atoms with E-state index in [9.17, 15) is 0 Å². The number of hydrogen-bond acceptors (Lipinski definition) is 6. The predicted octanol–water partition coefficient (Wildman–Crippen LogP) is 8.45. The molecule has 0 aromatic heterocycles. The van der Waals surface area contributed by atoms with Gasteiger partial charge >= 0.3 is 0 Å². The molecule has 0 aliphatic carbocycles. The van der Waals surface area contributed by atoms with E-state index in [1.165, 1.54) is 5.56 Å². The van der Waals surface area contributed by atoms with Crippen LogP contribution in [-0.2, 0) is 55.0 Å². The molecule has 1 fully saturated rings. The summed E-state index contributed by atoms with van der Waals surface area (Å²) in [7, 11) is 0. The Hall–Kier alpha value is -3.75. The molecule has 6 heteroatoms. The minimum Gasteiger partial charge on any atom is -0.374 e. The van der Waals surface area contributed by atoms with Gasteiger partial charge in [-0.2, -0.15) is 0 Å². The second kappa shape index (κ2) is 16.4. The number of benzene rings is 5. The van der Waals surface area contributed by atoms with E-state index in [-0.39, 0.29) is 6.61 Å². The smallest absolute Gasteiger partial charge is 0.165 e. The third kappa shape index (κ3) is 8.79. The van der Waals surface area contributed by atoms with Gasteiger partial charge in [-0.15, -0.1) is 12.6 Å². The van der Waals surface area contributed by atoms with Gasteiger partial charge in [-0.1, -0.05) is 151 Å². The predicted molar refractivity (Wildman–Crippen MR) is 188 cm³/mol. The van der Waals surface area contributed by atoms with E-state index < -0.39 is 29.3 Å². The zero-order valence-electron chi connectivity index (χ0n) is 26.7. The number of aryl methyl sites for hydroxylation is 1. The molecule has 0 bridgehead atoms. The molecular weight excluding hydrogens is 605 g/mol.